The highest BCUT2D eigenvalue weighted by molar-refractivity contribution is 4.51. The third-order valence-electron chi connectivity index (χ3n) is 1.47. The first-order valence-corrected chi connectivity index (χ1v) is 4.42. The minimum atomic E-state index is 0.151. The molecule has 0 aliphatic carbocycles. The number of hydrogen-bond donors (Lipinski definition) is 0. The van der Waals surface area contributed by atoms with Gasteiger partial charge in [-0.3, -0.25) is 0 Å². The maximum atomic E-state index is 5.45. The number of methoxy groups -OCH3 is 1. The first-order chi connectivity index (χ1) is 5.70. The van der Waals surface area contributed by atoms with Crippen LogP contribution in [-0.2, 0) is 14.2 Å². The van der Waals surface area contributed by atoms with E-state index < -0.39 is 0 Å². The molecule has 0 aromatic rings. The topological polar surface area (TPSA) is 27.7 Å². The van der Waals surface area contributed by atoms with Gasteiger partial charge in [-0.05, 0) is 20.8 Å². The zero-order valence-electron chi connectivity index (χ0n) is 8.50. The monoisotopic (exact) mass is 176 g/mol. The van der Waals surface area contributed by atoms with Crippen molar-refractivity contribution in [2.24, 2.45) is 0 Å². The molecule has 0 saturated heterocycles. The lowest BCUT2D eigenvalue weighted by Crippen LogP contribution is -2.22. The Hall–Kier alpha value is -0.120. The van der Waals surface area contributed by atoms with Crippen molar-refractivity contribution in [1.82, 2.24) is 0 Å². The standard InChI is InChI=1S/C9H20O3/c1-5-11-9(3)7-12-8(2)6-10-4/h8-9H,5-7H2,1-4H3. The van der Waals surface area contributed by atoms with Crippen LogP contribution in [-0.4, -0.2) is 39.1 Å². The van der Waals surface area contributed by atoms with Gasteiger partial charge in [0, 0.05) is 13.7 Å². The molecule has 0 aliphatic rings. The molecule has 0 aliphatic heterocycles. The van der Waals surface area contributed by atoms with E-state index in [1.54, 1.807) is 7.11 Å². The van der Waals surface area contributed by atoms with Gasteiger partial charge in [-0.25, -0.2) is 0 Å². The summed E-state index contributed by atoms with van der Waals surface area (Å²) in [5, 5.41) is 0. The first kappa shape index (κ1) is 11.9. The summed E-state index contributed by atoms with van der Waals surface area (Å²) >= 11 is 0. The molecular formula is C9H20O3. The fourth-order valence-electron chi connectivity index (χ4n) is 0.915. The van der Waals surface area contributed by atoms with Crippen molar-refractivity contribution in [3.63, 3.8) is 0 Å². The Bertz CT molecular complexity index is 83.8. The Morgan fingerprint density at radius 2 is 1.58 bits per heavy atom. The van der Waals surface area contributed by atoms with E-state index in [0.29, 0.717) is 13.2 Å². The van der Waals surface area contributed by atoms with Gasteiger partial charge in [0.2, 0.25) is 0 Å². The SMILES string of the molecule is CCOC(C)COC(C)COC. The van der Waals surface area contributed by atoms with Gasteiger partial charge in [0.1, 0.15) is 0 Å². The van der Waals surface area contributed by atoms with Gasteiger partial charge in [-0.1, -0.05) is 0 Å². The maximum Gasteiger partial charge on any atom is 0.0781 e. The number of ether oxygens (including phenoxy) is 3. The van der Waals surface area contributed by atoms with Crippen LogP contribution in [0.3, 0.4) is 0 Å². The maximum absolute atomic E-state index is 5.45. The van der Waals surface area contributed by atoms with E-state index in [4.69, 9.17) is 14.2 Å². The molecule has 0 bridgehead atoms. The van der Waals surface area contributed by atoms with Gasteiger partial charge in [-0.2, -0.15) is 0 Å². The lowest BCUT2D eigenvalue weighted by molar-refractivity contribution is -0.0483. The Morgan fingerprint density at radius 3 is 2.08 bits per heavy atom. The molecule has 2 atom stereocenters. The summed E-state index contributed by atoms with van der Waals surface area (Å²) in [6.07, 6.45) is 0.326. The zero-order chi connectivity index (χ0) is 9.40. The van der Waals surface area contributed by atoms with Crippen molar-refractivity contribution in [2.75, 3.05) is 26.9 Å². The van der Waals surface area contributed by atoms with Gasteiger partial charge >= 0.3 is 0 Å². The van der Waals surface area contributed by atoms with Crippen molar-refractivity contribution >= 4 is 0 Å². The second-order valence-electron chi connectivity index (χ2n) is 2.87. The summed E-state index contributed by atoms with van der Waals surface area (Å²) in [6, 6.07) is 0. The van der Waals surface area contributed by atoms with Crippen LogP contribution in [0, 0.1) is 0 Å². The van der Waals surface area contributed by atoms with Crippen molar-refractivity contribution in [3.8, 4) is 0 Å². The van der Waals surface area contributed by atoms with Crippen LogP contribution in [0.25, 0.3) is 0 Å². The summed E-state index contributed by atoms with van der Waals surface area (Å²) in [4.78, 5) is 0. The zero-order valence-corrected chi connectivity index (χ0v) is 8.50. The van der Waals surface area contributed by atoms with Crippen LogP contribution in [0.4, 0.5) is 0 Å². The third kappa shape index (κ3) is 6.58. The van der Waals surface area contributed by atoms with E-state index in [1.807, 2.05) is 20.8 Å². The second kappa shape index (κ2) is 7.53. The summed E-state index contributed by atoms with van der Waals surface area (Å²) in [7, 11) is 1.67. The molecule has 3 heteroatoms. The van der Waals surface area contributed by atoms with Crippen LogP contribution in [0.5, 0.6) is 0 Å². The van der Waals surface area contributed by atoms with Gasteiger partial charge in [0.15, 0.2) is 0 Å². The predicted molar refractivity (Wildman–Crippen MR) is 48.4 cm³/mol. The molecule has 0 heterocycles. The average Bonchev–Trinajstić information content (AvgIpc) is 2.02. The van der Waals surface area contributed by atoms with E-state index in [9.17, 15) is 0 Å². The van der Waals surface area contributed by atoms with Crippen molar-refractivity contribution in [1.29, 1.82) is 0 Å². The Balaban J connectivity index is 3.27. The molecule has 0 amide bonds. The summed E-state index contributed by atoms with van der Waals surface area (Å²) in [6.45, 7) is 7.99. The second-order valence-corrected chi connectivity index (χ2v) is 2.87. The number of rotatable bonds is 7. The van der Waals surface area contributed by atoms with Crippen molar-refractivity contribution < 1.29 is 14.2 Å². The fourth-order valence-corrected chi connectivity index (χ4v) is 0.915. The summed E-state index contributed by atoms with van der Waals surface area (Å²) in [5.74, 6) is 0. The van der Waals surface area contributed by atoms with Crippen LogP contribution in [0.1, 0.15) is 20.8 Å². The molecular weight excluding hydrogens is 156 g/mol. The molecule has 12 heavy (non-hydrogen) atoms. The highest BCUT2D eigenvalue weighted by Gasteiger charge is 2.05. The fraction of sp³-hybridized carbons (Fsp3) is 1.00. The Labute approximate surface area is 75.0 Å². The molecule has 3 nitrogen and oxygen atoms in total. The van der Waals surface area contributed by atoms with Crippen LogP contribution in [0.2, 0.25) is 0 Å². The van der Waals surface area contributed by atoms with E-state index in [1.165, 1.54) is 0 Å². The molecule has 0 radical (unpaired) electrons. The molecule has 0 aromatic heterocycles. The molecule has 0 fully saturated rings. The van der Waals surface area contributed by atoms with Crippen molar-refractivity contribution in [2.45, 2.75) is 33.0 Å². The molecule has 74 valence electrons. The third-order valence-corrected chi connectivity index (χ3v) is 1.47. The quantitative estimate of drug-likeness (QED) is 0.588. The largest absolute Gasteiger partial charge is 0.382 e. The van der Waals surface area contributed by atoms with Crippen LogP contribution < -0.4 is 0 Å². The normalized spacial score (nSPS) is 16.0. The van der Waals surface area contributed by atoms with Crippen LogP contribution in [0.15, 0.2) is 0 Å². The highest BCUT2D eigenvalue weighted by Crippen LogP contribution is 1.96. The van der Waals surface area contributed by atoms with Crippen molar-refractivity contribution in [3.05, 3.63) is 0 Å². The van der Waals surface area contributed by atoms with E-state index >= 15 is 0 Å². The predicted octanol–water partition coefficient (Wildman–Crippen LogP) is 1.46. The molecule has 0 aromatic carbocycles. The lowest BCUT2D eigenvalue weighted by atomic mass is 10.4. The Morgan fingerprint density at radius 1 is 1.00 bits per heavy atom. The summed E-state index contributed by atoms with van der Waals surface area (Å²) in [5.41, 5.74) is 0. The van der Waals surface area contributed by atoms with E-state index in [0.717, 1.165) is 6.61 Å². The molecule has 0 rings (SSSR count). The van der Waals surface area contributed by atoms with E-state index in [-0.39, 0.29) is 12.2 Å². The van der Waals surface area contributed by atoms with Gasteiger partial charge in [0.25, 0.3) is 0 Å². The van der Waals surface area contributed by atoms with Gasteiger partial charge in [0.05, 0.1) is 25.4 Å². The van der Waals surface area contributed by atoms with E-state index in [2.05, 4.69) is 0 Å². The smallest absolute Gasteiger partial charge is 0.0781 e. The minimum Gasteiger partial charge on any atom is -0.382 e. The summed E-state index contributed by atoms with van der Waals surface area (Å²) < 4.78 is 15.7. The minimum absolute atomic E-state index is 0.151. The highest BCUT2D eigenvalue weighted by atomic mass is 16.6. The average molecular weight is 176 g/mol. The van der Waals surface area contributed by atoms with Gasteiger partial charge < -0.3 is 14.2 Å². The Kier molecular flexibility index (Phi) is 7.45. The van der Waals surface area contributed by atoms with Gasteiger partial charge in [-0.15, -0.1) is 0 Å². The molecule has 2 unspecified atom stereocenters. The number of hydrogen-bond acceptors (Lipinski definition) is 3. The molecule has 0 spiro atoms. The van der Waals surface area contributed by atoms with Crippen LogP contribution >= 0.6 is 0 Å². The molecule has 0 N–H and O–H groups in total. The lowest BCUT2D eigenvalue weighted by Gasteiger charge is -2.16. The first-order valence-electron chi connectivity index (χ1n) is 4.42. The molecule has 0 saturated carbocycles.